The highest BCUT2D eigenvalue weighted by Crippen LogP contribution is 2.33. The Kier molecular flexibility index (Phi) is 5.80. The molecular weight excluding hydrogens is 476 g/mol. The molecule has 0 saturated carbocycles. The van der Waals surface area contributed by atoms with Crippen LogP contribution in [0.1, 0.15) is 18.4 Å². The first kappa shape index (κ1) is 23.2. The fourth-order valence-electron chi connectivity index (χ4n) is 5.74. The molecule has 1 unspecified atom stereocenters. The second kappa shape index (κ2) is 9.75. The third-order valence-corrected chi connectivity index (χ3v) is 7.60. The van der Waals surface area contributed by atoms with Crippen LogP contribution in [0.4, 0.5) is 17.1 Å². The summed E-state index contributed by atoms with van der Waals surface area (Å²) in [4.78, 5) is 0. The Morgan fingerprint density at radius 2 is 1.51 bits per heavy atom. The van der Waals surface area contributed by atoms with Crippen molar-refractivity contribution < 1.29 is 5.01 Å². The summed E-state index contributed by atoms with van der Waals surface area (Å²) in [6.45, 7) is 0. The summed E-state index contributed by atoms with van der Waals surface area (Å²) in [5.74, 6) is 0. The Bertz CT molecular complexity index is 1910. The van der Waals surface area contributed by atoms with Crippen LogP contribution in [-0.2, 0) is 0 Å². The van der Waals surface area contributed by atoms with Crippen LogP contribution in [0.5, 0.6) is 0 Å². The minimum Gasteiger partial charge on any atom is -0.358 e. The van der Waals surface area contributed by atoms with Crippen molar-refractivity contribution in [2.24, 2.45) is 0 Å². The van der Waals surface area contributed by atoms with Crippen LogP contribution < -0.4 is 10.3 Å². The number of anilines is 1. The van der Waals surface area contributed by atoms with E-state index in [1.54, 1.807) is 0 Å². The van der Waals surface area contributed by atoms with Crippen LogP contribution in [-0.4, -0.2) is 10.9 Å². The molecule has 1 heterocycles. The van der Waals surface area contributed by atoms with E-state index in [-0.39, 0.29) is 0 Å². The highest BCUT2D eigenvalue weighted by molar-refractivity contribution is 6.11. The van der Waals surface area contributed by atoms with Crippen molar-refractivity contribution in [1.29, 1.82) is 5.41 Å². The van der Waals surface area contributed by atoms with E-state index in [0.29, 0.717) is 0 Å². The Morgan fingerprint density at radius 3 is 2.33 bits per heavy atom. The molecule has 0 aliphatic heterocycles. The molecule has 0 radical (unpaired) electrons. The molecule has 0 amide bonds. The molecule has 4 heteroatoms. The maximum absolute atomic E-state index is 8.29. The van der Waals surface area contributed by atoms with E-state index in [0.717, 1.165) is 51.5 Å². The van der Waals surface area contributed by atoms with Crippen molar-refractivity contribution in [3.63, 3.8) is 0 Å². The number of para-hydroxylation sites is 2. The van der Waals surface area contributed by atoms with Crippen molar-refractivity contribution in [2.75, 3.05) is 5.32 Å². The predicted octanol–water partition coefficient (Wildman–Crippen LogP) is 7.90. The first-order valence-corrected chi connectivity index (χ1v) is 13.4. The van der Waals surface area contributed by atoms with Crippen LogP contribution in [0.15, 0.2) is 133 Å². The molecule has 1 aliphatic carbocycles. The molecule has 3 N–H and O–H groups in total. The van der Waals surface area contributed by atoms with Gasteiger partial charge in [-0.2, -0.15) is 9.69 Å². The third-order valence-electron chi connectivity index (χ3n) is 7.60. The lowest BCUT2D eigenvalue weighted by Crippen LogP contribution is -3.04. The van der Waals surface area contributed by atoms with Crippen LogP contribution in [0.25, 0.3) is 32.6 Å². The quantitative estimate of drug-likeness (QED) is 0.198. The lowest BCUT2D eigenvalue weighted by atomic mass is 10.1. The summed E-state index contributed by atoms with van der Waals surface area (Å²) in [6.07, 6.45) is 9.88. The van der Waals surface area contributed by atoms with Crippen LogP contribution in [0, 0.1) is 5.41 Å². The van der Waals surface area contributed by atoms with Gasteiger partial charge in [-0.05, 0) is 54.0 Å². The maximum atomic E-state index is 8.29. The Hall–Kier alpha value is -4.93. The van der Waals surface area contributed by atoms with Gasteiger partial charge in [-0.15, -0.1) is 0 Å². The molecule has 6 aromatic rings. The van der Waals surface area contributed by atoms with E-state index in [1.807, 2.05) is 0 Å². The number of quaternary nitrogens is 1. The van der Waals surface area contributed by atoms with Gasteiger partial charge in [0.1, 0.15) is 11.0 Å². The zero-order valence-electron chi connectivity index (χ0n) is 21.6. The molecular formula is C35H29N4+. The number of allylic oxidation sites excluding steroid dienone is 4. The molecule has 4 nitrogen and oxygen atoms in total. The molecule has 5 aromatic carbocycles. The second-order valence-corrected chi connectivity index (χ2v) is 10.0. The van der Waals surface area contributed by atoms with Crippen LogP contribution in [0.2, 0.25) is 0 Å². The van der Waals surface area contributed by atoms with Gasteiger partial charge in [-0.25, -0.2) is 0 Å². The van der Waals surface area contributed by atoms with Crippen molar-refractivity contribution in [2.45, 2.75) is 12.8 Å². The fourth-order valence-corrected chi connectivity index (χ4v) is 5.74. The number of hydrogen-bond acceptors (Lipinski definition) is 2. The topological polar surface area (TPSA) is 45.2 Å². The summed E-state index contributed by atoms with van der Waals surface area (Å²) < 4.78 is 2.38. The summed E-state index contributed by atoms with van der Waals surface area (Å²) in [6, 6.07) is 38.8. The number of hydrogen-bond donors (Lipinski definition) is 3. The summed E-state index contributed by atoms with van der Waals surface area (Å²) in [5, 5.41) is 17.8. The molecule has 188 valence electrons. The number of nitrogens with zero attached hydrogens (tertiary/aromatic N) is 1. The fraction of sp³-hybridized carbons (Fsp3) is 0.0571. The first-order valence-electron chi connectivity index (χ1n) is 13.4. The molecule has 1 aliphatic rings. The van der Waals surface area contributed by atoms with Gasteiger partial charge in [0.05, 0.1) is 0 Å². The normalized spacial score (nSPS) is 14.0. The van der Waals surface area contributed by atoms with Gasteiger partial charge in [-0.1, -0.05) is 72.8 Å². The lowest BCUT2D eigenvalue weighted by molar-refractivity contribution is -0.806. The van der Waals surface area contributed by atoms with Gasteiger partial charge in [0, 0.05) is 58.2 Å². The van der Waals surface area contributed by atoms with Crippen molar-refractivity contribution in [3.05, 3.63) is 139 Å². The maximum Gasteiger partial charge on any atom is 0.161 e. The first-order chi connectivity index (χ1) is 19.3. The molecule has 0 spiro atoms. The van der Waals surface area contributed by atoms with E-state index in [1.165, 1.54) is 33.5 Å². The summed E-state index contributed by atoms with van der Waals surface area (Å²) in [5.41, 5.74) is 7.55. The van der Waals surface area contributed by atoms with Gasteiger partial charge in [-0.3, -0.25) is 0 Å². The SMILES string of the molecule is N=Cc1cc2c(cc1NC1=CC=CCC1)c1ccccc1n2[NH+](c1ccccc1)c1ccc2ccccc2c1. The molecule has 1 aromatic heterocycles. The molecule has 1 atom stereocenters. The van der Waals surface area contributed by atoms with Crippen molar-refractivity contribution in [1.82, 2.24) is 4.68 Å². The monoisotopic (exact) mass is 505 g/mol. The molecule has 39 heavy (non-hydrogen) atoms. The zero-order chi connectivity index (χ0) is 26.2. The van der Waals surface area contributed by atoms with E-state index in [2.05, 4.69) is 137 Å². The Labute approximate surface area is 227 Å². The molecule has 0 fully saturated rings. The largest absolute Gasteiger partial charge is 0.358 e. The van der Waals surface area contributed by atoms with Crippen LogP contribution >= 0.6 is 0 Å². The number of nitrogens with one attached hydrogen (secondary N) is 3. The number of aromatic nitrogens is 1. The van der Waals surface area contributed by atoms with E-state index in [4.69, 9.17) is 5.41 Å². The smallest absolute Gasteiger partial charge is 0.161 e. The summed E-state index contributed by atoms with van der Waals surface area (Å²) >= 11 is 0. The zero-order valence-corrected chi connectivity index (χ0v) is 21.6. The molecule has 0 bridgehead atoms. The lowest BCUT2D eigenvalue weighted by Gasteiger charge is -2.22. The van der Waals surface area contributed by atoms with Gasteiger partial charge in [0.2, 0.25) is 0 Å². The standard InChI is InChI=1S/C35H28N4/c36-24-27-22-35-32(23-33(27)37-28-13-3-1-4-14-28)31-17-9-10-18-34(31)39(35)38(29-15-5-2-6-16-29)30-20-19-25-11-7-8-12-26(25)21-30/h1-3,5-13,15-24,36-37H,4,14H2/p+1. The van der Waals surface area contributed by atoms with Gasteiger partial charge >= 0.3 is 0 Å². The van der Waals surface area contributed by atoms with E-state index < -0.39 is 0 Å². The minimum absolute atomic E-state index is 0.868. The van der Waals surface area contributed by atoms with Gasteiger partial charge in [0.25, 0.3) is 0 Å². The molecule has 7 rings (SSSR count). The average Bonchev–Trinajstić information content (AvgIpc) is 3.31. The number of fused-ring (bicyclic) bond motifs is 4. The highest BCUT2D eigenvalue weighted by atomic mass is 15.6. The summed E-state index contributed by atoms with van der Waals surface area (Å²) in [7, 11) is 0. The predicted molar refractivity (Wildman–Crippen MR) is 163 cm³/mol. The Morgan fingerprint density at radius 1 is 0.718 bits per heavy atom. The third kappa shape index (κ3) is 4.12. The van der Waals surface area contributed by atoms with Crippen molar-refractivity contribution >= 4 is 55.9 Å². The Balaban J connectivity index is 1.51. The number of rotatable bonds is 6. The van der Waals surface area contributed by atoms with Crippen molar-refractivity contribution in [3.8, 4) is 0 Å². The minimum atomic E-state index is 0.868. The van der Waals surface area contributed by atoms with E-state index in [9.17, 15) is 0 Å². The van der Waals surface area contributed by atoms with Crippen LogP contribution in [0.3, 0.4) is 0 Å². The van der Waals surface area contributed by atoms with Gasteiger partial charge in [0.15, 0.2) is 11.4 Å². The number of benzene rings is 5. The second-order valence-electron chi connectivity index (χ2n) is 10.0. The van der Waals surface area contributed by atoms with Gasteiger partial charge < -0.3 is 10.7 Å². The van der Waals surface area contributed by atoms with E-state index >= 15 is 0 Å². The highest BCUT2D eigenvalue weighted by Gasteiger charge is 2.25. The molecule has 0 saturated heterocycles. The average molecular weight is 506 g/mol.